The van der Waals surface area contributed by atoms with E-state index in [0.29, 0.717) is 13.1 Å². The molecule has 0 aromatic carbocycles. The normalized spacial score (nSPS) is 23.0. The van der Waals surface area contributed by atoms with E-state index in [1.807, 2.05) is 13.8 Å². The van der Waals surface area contributed by atoms with E-state index in [1.54, 1.807) is 18.8 Å². The predicted molar refractivity (Wildman–Crippen MR) is 104 cm³/mol. The van der Waals surface area contributed by atoms with Crippen LogP contribution in [0.2, 0.25) is 0 Å². The number of morpholine rings is 1. The zero-order valence-corrected chi connectivity index (χ0v) is 22.5. The Hall–Kier alpha value is -0.198. The van der Waals surface area contributed by atoms with Crippen molar-refractivity contribution in [2.24, 2.45) is 0 Å². The molecule has 2 heterocycles. The molecule has 0 saturated carbocycles. The molecule has 0 bridgehead atoms. The summed E-state index contributed by atoms with van der Waals surface area (Å²) >= 11 is 0. The van der Waals surface area contributed by atoms with Gasteiger partial charge in [-0.15, -0.1) is 0 Å². The Labute approximate surface area is 189 Å². The Kier molecular flexibility index (Phi) is 9.89. The maximum Gasteiger partial charge on any atom is 0.330 e. The number of ether oxygens (including phenoxy) is 1. The molecule has 0 amide bonds. The van der Waals surface area contributed by atoms with Crippen LogP contribution in [0.25, 0.3) is 0 Å². The molecule has 1 N–H and O–H groups in total. The summed E-state index contributed by atoms with van der Waals surface area (Å²) in [5.74, 6) is 0. The average molecular weight is 640 g/mol. The number of hydrogen-bond donors (Lipinski definition) is 1. The molecule has 1 fully saturated rings. The Morgan fingerprint density at radius 3 is 2.43 bits per heavy atom. The number of aromatic amines is 1. The van der Waals surface area contributed by atoms with Crippen molar-refractivity contribution < 1.29 is 44.9 Å². The maximum atomic E-state index is 13.1. The predicted octanol–water partition coefficient (Wildman–Crippen LogP) is 1.32. The van der Waals surface area contributed by atoms with Crippen LogP contribution < -0.4 is 11.2 Å². The molecule has 1 aliphatic heterocycles. The van der Waals surface area contributed by atoms with E-state index < -0.39 is 25.0 Å². The van der Waals surface area contributed by atoms with E-state index in [-0.39, 0.29) is 55.5 Å². The van der Waals surface area contributed by atoms with Gasteiger partial charge in [0.25, 0.3) is 13.1 Å². The molecule has 2 rings (SSSR count). The number of H-pyrrole nitrogens is 1. The van der Waals surface area contributed by atoms with Crippen molar-refractivity contribution in [3.05, 3.63) is 33.1 Å². The molecular formula is C17H31N4O5PU. The summed E-state index contributed by atoms with van der Waals surface area (Å²) in [7, 11) is 0.521. The largest absolute Gasteiger partial charge is 0.350 e. The van der Waals surface area contributed by atoms with Gasteiger partial charge in [-0.25, -0.2) is 9.46 Å². The van der Waals surface area contributed by atoms with E-state index in [1.165, 1.54) is 16.8 Å². The molecular weight excluding hydrogens is 609 g/mol. The van der Waals surface area contributed by atoms with Crippen molar-refractivity contribution in [1.29, 1.82) is 0 Å². The summed E-state index contributed by atoms with van der Waals surface area (Å²) in [6.45, 7) is 9.14. The van der Waals surface area contributed by atoms with Crippen LogP contribution in [0.4, 0.5) is 0 Å². The van der Waals surface area contributed by atoms with Crippen LogP contribution in [0.1, 0.15) is 33.9 Å². The second-order valence-corrected chi connectivity index (χ2v) is 10.8. The quantitative estimate of drug-likeness (QED) is 0.450. The van der Waals surface area contributed by atoms with E-state index in [2.05, 4.69) is 23.7 Å². The molecule has 0 aliphatic carbocycles. The molecule has 0 radical (unpaired) electrons. The summed E-state index contributed by atoms with van der Waals surface area (Å²) in [6.07, 6.45) is 0.528. The molecule has 28 heavy (non-hydrogen) atoms. The molecule has 3 atom stereocenters. The standard InChI is InChI=1S/C17H31N4O5P.U/c1-12(2)20-9-14(11-25-27(24,13(3)4)19(5)6)26-16(10-20)21-8-7-15(22)18-17(21)23;/h7-8,12-14,16H,9-11H2,1-6H3,(H,18,22,23);/t14-,16+,27?;/m0./s1. The van der Waals surface area contributed by atoms with E-state index >= 15 is 0 Å². The van der Waals surface area contributed by atoms with E-state index in [4.69, 9.17) is 9.26 Å². The summed E-state index contributed by atoms with van der Waals surface area (Å²) in [6, 6.07) is 1.53. The second-order valence-electron chi connectivity index (χ2n) is 7.58. The molecule has 1 aliphatic rings. The Morgan fingerprint density at radius 1 is 1.29 bits per heavy atom. The Balaban J connectivity index is 0.00000392. The van der Waals surface area contributed by atoms with Crippen LogP contribution in [0, 0.1) is 31.1 Å². The van der Waals surface area contributed by atoms with Gasteiger partial charge in [-0.1, -0.05) is 13.8 Å². The fourth-order valence-corrected chi connectivity index (χ4v) is 4.92. The van der Waals surface area contributed by atoms with Crippen LogP contribution in [-0.2, 0) is 13.8 Å². The van der Waals surface area contributed by atoms with Gasteiger partial charge in [-0.05, 0) is 27.9 Å². The van der Waals surface area contributed by atoms with Crippen LogP contribution in [0.15, 0.2) is 21.9 Å². The van der Waals surface area contributed by atoms with E-state index in [0.717, 1.165) is 0 Å². The number of hydrogen-bond acceptors (Lipinski definition) is 6. The van der Waals surface area contributed by atoms with Gasteiger partial charge in [0, 0.05) is 68.2 Å². The summed E-state index contributed by atoms with van der Waals surface area (Å²) in [4.78, 5) is 27.9. The molecule has 0 spiro atoms. The molecule has 9 nitrogen and oxygen atoms in total. The first kappa shape index (κ1) is 25.8. The van der Waals surface area contributed by atoms with Crippen LogP contribution in [0.3, 0.4) is 0 Å². The number of aromatic nitrogens is 2. The number of rotatable bonds is 7. The molecule has 1 unspecified atom stereocenters. The first-order valence-electron chi connectivity index (χ1n) is 9.17. The van der Waals surface area contributed by atoms with Gasteiger partial charge >= 0.3 is 5.69 Å². The van der Waals surface area contributed by atoms with Gasteiger partial charge in [0.1, 0.15) is 0 Å². The average Bonchev–Trinajstić information content (AvgIpc) is 2.58. The SMILES string of the molecule is CC(C)N1C[C@@H](COP(=O)(C(C)C)N(C)C)O[C@@H](n2ccc(=O)[nH]c2=O)C1.[U]. The van der Waals surface area contributed by atoms with Crippen molar-refractivity contribution in [2.75, 3.05) is 33.8 Å². The molecule has 158 valence electrons. The first-order chi connectivity index (χ1) is 12.5. The molecule has 1 saturated heterocycles. The number of nitrogens with one attached hydrogen (secondary N) is 1. The van der Waals surface area contributed by atoms with Crippen molar-refractivity contribution in [1.82, 2.24) is 19.1 Å². The van der Waals surface area contributed by atoms with Crippen LogP contribution >= 0.6 is 7.52 Å². The van der Waals surface area contributed by atoms with Crippen LogP contribution in [-0.4, -0.2) is 70.7 Å². The fourth-order valence-electron chi connectivity index (χ4n) is 3.08. The van der Waals surface area contributed by atoms with Gasteiger partial charge in [0.15, 0.2) is 6.23 Å². The van der Waals surface area contributed by atoms with Crippen molar-refractivity contribution >= 4 is 7.52 Å². The first-order valence-corrected chi connectivity index (χ1v) is 10.8. The van der Waals surface area contributed by atoms with Crippen molar-refractivity contribution in [3.8, 4) is 0 Å². The molecule has 11 heteroatoms. The fraction of sp³-hybridized carbons (Fsp3) is 0.765. The third-order valence-corrected chi connectivity index (χ3v) is 7.66. The van der Waals surface area contributed by atoms with Gasteiger partial charge in [0.2, 0.25) is 0 Å². The third-order valence-electron chi connectivity index (χ3n) is 4.73. The Bertz CT molecular complexity index is 782. The monoisotopic (exact) mass is 640 g/mol. The van der Waals surface area contributed by atoms with Gasteiger partial charge in [-0.3, -0.25) is 23.8 Å². The summed E-state index contributed by atoms with van der Waals surface area (Å²) in [5, 5.41) is 0. The van der Waals surface area contributed by atoms with Crippen LogP contribution in [0.5, 0.6) is 0 Å². The topological polar surface area (TPSA) is 96.9 Å². The van der Waals surface area contributed by atoms with Crippen molar-refractivity contribution in [2.45, 2.75) is 51.7 Å². The van der Waals surface area contributed by atoms with Crippen molar-refractivity contribution in [3.63, 3.8) is 0 Å². The van der Waals surface area contributed by atoms with Gasteiger partial charge in [0.05, 0.1) is 12.7 Å². The van der Waals surface area contributed by atoms with E-state index in [9.17, 15) is 14.2 Å². The molecule has 1 aromatic heterocycles. The Morgan fingerprint density at radius 2 is 1.93 bits per heavy atom. The summed E-state index contributed by atoms with van der Waals surface area (Å²) in [5.41, 5.74) is -1.11. The minimum atomic E-state index is -2.96. The minimum absolute atomic E-state index is 0. The second kappa shape index (κ2) is 10.7. The van der Waals surface area contributed by atoms with Gasteiger partial charge < -0.3 is 9.26 Å². The smallest absolute Gasteiger partial charge is 0.330 e. The molecule has 1 aromatic rings. The van der Waals surface area contributed by atoms with Gasteiger partial charge in [-0.2, -0.15) is 0 Å². The minimum Gasteiger partial charge on any atom is -0.350 e. The number of nitrogens with zero attached hydrogens (tertiary/aromatic N) is 3. The zero-order chi connectivity index (χ0) is 20.4. The zero-order valence-electron chi connectivity index (χ0n) is 17.4. The maximum absolute atomic E-state index is 13.1. The third kappa shape index (κ3) is 6.15. The summed E-state index contributed by atoms with van der Waals surface area (Å²) < 4.78 is 28.0.